The first-order chi connectivity index (χ1) is 14.3. The molecule has 0 saturated carbocycles. The zero-order valence-electron chi connectivity index (χ0n) is 15.5. The number of benzene rings is 2. The Morgan fingerprint density at radius 1 is 1.10 bits per heavy atom. The minimum atomic E-state index is -0.913. The standard InChI is InChI=1S/C21H14ClF3N2O3/c1-12-16(21(22)27(26-12)15-5-2-13(23)3-6-15)7-9-20(29)30-11-19(28)17-10-14(24)4-8-18(17)25/h2-10H,11H2,1H3/b9-7+. The van der Waals surface area contributed by atoms with Crippen molar-refractivity contribution >= 4 is 29.4 Å². The Kier molecular flexibility index (Phi) is 6.37. The van der Waals surface area contributed by atoms with Gasteiger partial charge in [0.15, 0.2) is 6.61 Å². The predicted molar refractivity (Wildman–Crippen MR) is 104 cm³/mol. The van der Waals surface area contributed by atoms with Crippen molar-refractivity contribution in [2.75, 3.05) is 6.61 Å². The summed E-state index contributed by atoms with van der Waals surface area (Å²) in [5.41, 5.74) is 0.924. The van der Waals surface area contributed by atoms with Crippen LogP contribution in [-0.4, -0.2) is 28.1 Å². The Balaban J connectivity index is 1.68. The smallest absolute Gasteiger partial charge is 0.331 e. The fourth-order valence-electron chi connectivity index (χ4n) is 2.58. The molecule has 3 rings (SSSR count). The highest BCUT2D eigenvalue weighted by atomic mass is 35.5. The Morgan fingerprint density at radius 2 is 1.77 bits per heavy atom. The maximum atomic E-state index is 13.6. The Bertz CT molecular complexity index is 1140. The maximum Gasteiger partial charge on any atom is 0.331 e. The molecule has 1 aromatic heterocycles. The van der Waals surface area contributed by atoms with Gasteiger partial charge in [-0.05, 0) is 55.5 Å². The Morgan fingerprint density at radius 3 is 2.47 bits per heavy atom. The van der Waals surface area contributed by atoms with E-state index in [-0.39, 0.29) is 5.15 Å². The van der Waals surface area contributed by atoms with Crippen LogP contribution >= 0.6 is 11.6 Å². The topological polar surface area (TPSA) is 61.2 Å². The van der Waals surface area contributed by atoms with Crippen LogP contribution in [0.2, 0.25) is 5.15 Å². The molecule has 0 atom stereocenters. The molecule has 1 heterocycles. The summed E-state index contributed by atoms with van der Waals surface area (Å²) in [5, 5.41) is 4.43. The minimum absolute atomic E-state index is 0.182. The fraction of sp³-hybridized carbons (Fsp3) is 0.0952. The number of carbonyl (C=O) groups excluding carboxylic acids is 2. The van der Waals surface area contributed by atoms with Crippen LogP contribution in [0.4, 0.5) is 13.2 Å². The van der Waals surface area contributed by atoms with Gasteiger partial charge in [-0.1, -0.05) is 11.6 Å². The third-order valence-corrected chi connectivity index (χ3v) is 4.44. The lowest BCUT2D eigenvalue weighted by atomic mass is 10.1. The van der Waals surface area contributed by atoms with Crippen molar-refractivity contribution < 1.29 is 27.5 Å². The molecule has 30 heavy (non-hydrogen) atoms. The molecule has 9 heteroatoms. The van der Waals surface area contributed by atoms with Crippen LogP contribution in [0.3, 0.4) is 0 Å². The van der Waals surface area contributed by atoms with Gasteiger partial charge in [0.05, 0.1) is 16.9 Å². The van der Waals surface area contributed by atoms with E-state index in [9.17, 15) is 22.8 Å². The van der Waals surface area contributed by atoms with E-state index in [0.29, 0.717) is 16.9 Å². The van der Waals surface area contributed by atoms with Gasteiger partial charge >= 0.3 is 5.97 Å². The number of halogens is 4. The molecular weight excluding hydrogens is 421 g/mol. The van der Waals surface area contributed by atoms with E-state index in [1.54, 1.807) is 6.92 Å². The summed E-state index contributed by atoms with van der Waals surface area (Å²) in [6, 6.07) is 7.92. The number of ether oxygens (including phenoxy) is 1. The van der Waals surface area contributed by atoms with Crippen LogP contribution in [0.5, 0.6) is 0 Å². The molecule has 0 aliphatic heterocycles. The largest absolute Gasteiger partial charge is 0.454 e. The summed E-state index contributed by atoms with van der Waals surface area (Å²) in [7, 11) is 0. The number of aromatic nitrogens is 2. The molecular formula is C21H14ClF3N2O3. The van der Waals surface area contributed by atoms with Gasteiger partial charge in [0, 0.05) is 11.6 Å². The van der Waals surface area contributed by atoms with Gasteiger partial charge in [0.2, 0.25) is 5.78 Å². The molecule has 0 bridgehead atoms. The molecule has 3 aromatic rings. The molecule has 0 saturated heterocycles. The van der Waals surface area contributed by atoms with Crippen molar-refractivity contribution in [3.63, 3.8) is 0 Å². The van der Waals surface area contributed by atoms with Crippen LogP contribution < -0.4 is 0 Å². The van der Waals surface area contributed by atoms with Crippen LogP contribution in [0.25, 0.3) is 11.8 Å². The third kappa shape index (κ3) is 4.77. The average Bonchev–Trinajstić information content (AvgIpc) is 3.00. The molecule has 0 fully saturated rings. The average molecular weight is 435 g/mol. The zero-order chi connectivity index (χ0) is 21.8. The molecule has 5 nitrogen and oxygen atoms in total. The second-order valence-corrected chi connectivity index (χ2v) is 6.52. The van der Waals surface area contributed by atoms with Crippen molar-refractivity contribution in [3.05, 3.63) is 88.0 Å². The van der Waals surface area contributed by atoms with E-state index in [0.717, 1.165) is 24.3 Å². The number of hydrogen-bond acceptors (Lipinski definition) is 4. The summed E-state index contributed by atoms with van der Waals surface area (Å²) in [6.07, 6.45) is 2.38. The number of ketones is 1. The first-order valence-electron chi connectivity index (χ1n) is 8.60. The molecule has 154 valence electrons. The molecule has 0 aliphatic carbocycles. The van der Waals surface area contributed by atoms with Gasteiger partial charge < -0.3 is 4.74 Å². The normalized spacial score (nSPS) is 11.1. The molecule has 0 aliphatic rings. The molecule has 0 spiro atoms. The third-order valence-electron chi connectivity index (χ3n) is 4.08. The van der Waals surface area contributed by atoms with E-state index in [1.807, 2.05) is 0 Å². The van der Waals surface area contributed by atoms with Crippen LogP contribution in [0.15, 0.2) is 48.5 Å². The molecule has 0 amide bonds. The molecule has 2 aromatic carbocycles. The van der Waals surface area contributed by atoms with Crippen LogP contribution in [0.1, 0.15) is 21.6 Å². The van der Waals surface area contributed by atoms with Crippen LogP contribution in [-0.2, 0) is 9.53 Å². The first-order valence-corrected chi connectivity index (χ1v) is 8.98. The van der Waals surface area contributed by atoms with Crippen LogP contribution in [0, 0.1) is 24.4 Å². The Hall–Kier alpha value is -3.39. The lowest BCUT2D eigenvalue weighted by Gasteiger charge is -2.03. The van der Waals surface area contributed by atoms with Gasteiger partial charge in [-0.2, -0.15) is 5.10 Å². The number of nitrogens with zero attached hydrogens (tertiary/aromatic N) is 2. The van der Waals surface area contributed by atoms with E-state index in [4.69, 9.17) is 16.3 Å². The lowest BCUT2D eigenvalue weighted by molar-refractivity contribution is -0.136. The Labute approximate surface area is 174 Å². The molecule has 0 radical (unpaired) electrons. The van der Waals surface area contributed by atoms with Crippen molar-refractivity contribution in [1.82, 2.24) is 9.78 Å². The summed E-state index contributed by atoms with van der Waals surface area (Å²) >= 11 is 6.30. The zero-order valence-corrected chi connectivity index (χ0v) is 16.3. The van der Waals surface area contributed by atoms with Crippen molar-refractivity contribution in [2.45, 2.75) is 6.92 Å². The fourth-order valence-corrected chi connectivity index (χ4v) is 2.91. The van der Waals surface area contributed by atoms with Crippen molar-refractivity contribution in [2.24, 2.45) is 0 Å². The van der Waals surface area contributed by atoms with Crippen molar-refractivity contribution in [1.29, 1.82) is 0 Å². The number of carbonyl (C=O) groups is 2. The highest BCUT2D eigenvalue weighted by Crippen LogP contribution is 2.25. The molecule has 0 unspecified atom stereocenters. The van der Waals surface area contributed by atoms with Crippen molar-refractivity contribution in [3.8, 4) is 5.69 Å². The SMILES string of the molecule is Cc1nn(-c2ccc(F)cc2)c(Cl)c1/C=C/C(=O)OCC(=O)c1cc(F)ccc1F. The van der Waals surface area contributed by atoms with E-state index in [2.05, 4.69) is 5.10 Å². The van der Waals surface area contributed by atoms with Gasteiger partial charge in [0.25, 0.3) is 0 Å². The second-order valence-electron chi connectivity index (χ2n) is 6.17. The minimum Gasteiger partial charge on any atom is -0.454 e. The summed E-state index contributed by atoms with van der Waals surface area (Å²) in [6.45, 7) is 0.901. The van der Waals surface area contributed by atoms with Gasteiger partial charge in [-0.3, -0.25) is 4.79 Å². The monoisotopic (exact) mass is 434 g/mol. The van der Waals surface area contributed by atoms with Gasteiger partial charge in [0.1, 0.15) is 22.6 Å². The summed E-state index contributed by atoms with van der Waals surface area (Å²) < 4.78 is 46.0. The number of esters is 1. The van der Waals surface area contributed by atoms with Gasteiger partial charge in [-0.25, -0.2) is 22.6 Å². The summed E-state index contributed by atoms with van der Waals surface area (Å²) in [5.74, 6) is -3.87. The first kappa shape index (κ1) is 21.3. The summed E-state index contributed by atoms with van der Waals surface area (Å²) in [4.78, 5) is 23.8. The molecule has 0 N–H and O–H groups in total. The number of hydrogen-bond donors (Lipinski definition) is 0. The number of rotatable bonds is 6. The second kappa shape index (κ2) is 8.96. The lowest BCUT2D eigenvalue weighted by Crippen LogP contribution is -2.14. The van der Waals surface area contributed by atoms with E-state index in [1.165, 1.54) is 35.0 Å². The van der Waals surface area contributed by atoms with E-state index >= 15 is 0 Å². The van der Waals surface area contributed by atoms with Gasteiger partial charge in [-0.15, -0.1) is 0 Å². The highest BCUT2D eigenvalue weighted by Gasteiger charge is 2.16. The number of aryl methyl sites for hydroxylation is 1. The van der Waals surface area contributed by atoms with E-state index < -0.39 is 41.4 Å². The maximum absolute atomic E-state index is 13.6. The highest BCUT2D eigenvalue weighted by molar-refractivity contribution is 6.31. The number of Topliss-reactive ketones (excluding diaryl/α,β-unsaturated/α-hetero) is 1. The quantitative estimate of drug-likeness (QED) is 0.321. The predicted octanol–water partition coefficient (Wildman–Crippen LogP) is 4.69.